The van der Waals surface area contributed by atoms with Gasteiger partial charge in [-0.3, -0.25) is 9.05 Å². The molecule has 1 aromatic rings. The van der Waals surface area contributed by atoms with Crippen LogP contribution in [0.25, 0.3) is 0 Å². The average molecular weight is 496 g/mol. The van der Waals surface area contributed by atoms with E-state index >= 15 is 0 Å². The number of hydrogen-bond acceptors (Lipinski definition) is 7. The van der Waals surface area contributed by atoms with Gasteiger partial charge in [0.15, 0.2) is 11.5 Å². The summed E-state index contributed by atoms with van der Waals surface area (Å²) in [5.74, 6) is 0.991. The first-order chi connectivity index (χ1) is 15.2. The molecule has 0 spiro atoms. The van der Waals surface area contributed by atoms with Gasteiger partial charge in [0.25, 0.3) is 0 Å². The van der Waals surface area contributed by atoms with Crippen LogP contribution in [0.1, 0.15) is 73.3 Å². The zero-order valence-corrected chi connectivity index (χ0v) is 23.9. The third kappa shape index (κ3) is 13.0. The lowest BCUT2D eigenvalue weighted by molar-refractivity contribution is 0.156. The summed E-state index contributed by atoms with van der Waals surface area (Å²) >= 11 is 0. The van der Waals surface area contributed by atoms with Gasteiger partial charge >= 0.3 is 7.82 Å². The Labute approximate surface area is 199 Å². The molecule has 0 amide bonds. The van der Waals surface area contributed by atoms with E-state index in [0.29, 0.717) is 18.0 Å². The number of ether oxygens (including phenoxy) is 2. The van der Waals surface area contributed by atoms with Gasteiger partial charge in [0, 0.05) is 11.8 Å². The zero-order valence-electron chi connectivity index (χ0n) is 21.9. The minimum absolute atomic E-state index is 0.0980. The van der Waals surface area contributed by atoms with E-state index in [2.05, 4.69) is 28.4 Å². The first kappa shape index (κ1) is 33.3. The average Bonchev–Trinajstić information content (AvgIpc) is 2.79. The predicted molar refractivity (Wildman–Crippen MR) is 138 cm³/mol. The van der Waals surface area contributed by atoms with Gasteiger partial charge < -0.3 is 19.3 Å². The number of rotatable bonds is 14. The number of unbranched alkanes of at least 4 members (excludes halogenated alkanes) is 1. The van der Waals surface area contributed by atoms with Crippen molar-refractivity contribution < 1.29 is 27.6 Å². The van der Waals surface area contributed by atoms with Crippen LogP contribution in [0.4, 0.5) is 0 Å². The van der Waals surface area contributed by atoms with Crippen molar-refractivity contribution >= 4 is 17.1 Å². The first-order valence-electron chi connectivity index (χ1n) is 11.6. The Kier molecular flexibility index (Phi) is 19.3. The molecule has 0 aromatic heterocycles. The van der Waals surface area contributed by atoms with Gasteiger partial charge in [-0.2, -0.15) is 0 Å². The fourth-order valence-electron chi connectivity index (χ4n) is 2.59. The molecule has 7 nitrogen and oxygen atoms in total. The van der Waals surface area contributed by atoms with Crippen molar-refractivity contribution in [3.63, 3.8) is 0 Å². The molecule has 3 atom stereocenters. The molecule has 9 heteroatoms. The van der Waals surface area contributed by atoms with Crippen LogP contribution in [-0.4, -0.2) is 39.3 Å². The van der Waals surface area contributed by atoms with Crippen LogP contribution in [0, 0.1) is 6.92 Å². The fourth-order valence-corrected chi connectivity index (χ4v) is 4.15. The Bertz CT molecular complexity index is 630. The van der Waals surface area contributed by atoms with E-state index in [9.17, 15) is 4.57 Å². The second-order valence-corrected chi connectivity index (χ2v) is 9.60. The second-order valence-electron chi connectivity index (χ2n) is 6.74. The Balaban J connectivity index is 0. The number of phosphoric ester groups is 1. The number of hydrogen-bond donors (Lipinski definition) is 1. The molecule has 0 aliphatic rings. The van der Waals surface area contributed by atoms with Crippen LogP contribution in [0.2, 0.25) is 0 Å². The summed E-state index contributed by atoms with van der Waals surface area (Å²) in [7, 11) is 1.99. The van der Waals surface area contributed by atoms with Crippen LogP contribution in [0.3, 0.4) is 0 Å². The molecule has 0 saturated heterocycles. The van der Waals surface area contributed by atoms with Crippen molar-refractivity contribution in [3.8, 4) is 17.2 Å². The van der Waals surface area contributed by atoms with Crippen molar-refractivity contribution in [2.75, 3.05) is 34.0 Å². The van der Waals surface area contributed by atoms with E-state index in [-0.39, 0.29) is 24.2 Å². The summed E-state index contributed by atoms with van der Waals surface area (Å²) in [6.07, 6.45) is 3.28. The van der Waals surface area contributed by atoms with E-state index in [4.69, 9.17) is 23.0 Å². The lowest BCUT2D eigenvalue weighted by Gasteiger charge is -2.26. The van der Waals surface area contributed by atoms with Gasteiger partial charge in [-0.25, -0.2) is 4.57 Å². The first-order valence-corrected chi connectivity index (χ1v) is 13.6. The fraction of sp³-hybridized carbons (Fsp3) is 0.739. The normalized spacial score (nSPS) is 14.0. The molecule has 1 N–H and O–H groups in total. The minimum atomic E-state index is -3.85. The molecule has 0 fully saturated rings. The van der Waals surface area contributed by atoms with Crippen molar-refractivity contribution in [2.45, 2.75) is 79.9 Å². The van der Waals surface area contributed by atoms with Crippen LogP contribution >= 0.6 is 17.1 Å². The van der Waals surface area contributed by atoms with Gasteiger partial charge in [-0.05, 0) is 44.9 Å². The molecule has 0 aliphatic heterocycles. The van der Waals surface area contributed by atoms with E-state index in [0.717, 1.165) is 24.8 Å². The zero-order chi connectivity index (χ0) is 25.2. The van der Waals surface area contributed by atoms with Gasteiger partial charge in [0.1, 0.15) is 0 Å². The molecular formula is C23H47NO6P2. The molecular weight excluding hydrogens is 448 g/mol. The SMILES string of the molecule is CC.CC.CCCCC(C)(P)NCCOP(=O)(OCC)Oc1c(OC)cc(C)cc1OC. The lowest BCUT2D eigenvalue weighted by Crippen LogP contribution is -2.38. The third-order valence-electron chi connectivity index (χ3n) is 4.03. The lowest BCUT2D eigenvalue weighted by atomic mass is 10.1. The van der Waals surface area contributed by atoms with Crippen LogP contribution in [0.5, 0.6) is 17.2 Å². The molecule has 0 bridgehead atoms. The Morgan fingerprint density at radius 1 is 1.03 bits per heavy atom. The monoisotopic (exact) mass is 495 g/mol. The highest BCUT2D eigenvalue weighted by atomic mass is 31.2. The minimum Gasteiger partial charge on any atom is -0.493 e. The van der Waals surface area contributed by atoms with Gasteiger partial charge in [-0.1, -0.05) is 47.5 Å². The van der Waals surface area contributed by atoms with Gasteiger partial charge in [-0.15, -0.1) is 9.24 Å². The maximum absolute atomic E-state index is 13.1. The molecule has 0 radical (unpaired) electrons. The number of phosphoric acid groups is 1. The van der Waals surface area contributed by atoms with E-state index in [1.807, 2.05) is 34.6 Å². The maximum atomic E-state index is 13.1. The quantitative estimate of drug-likeness (QED) is 0.220. The van der Waals surface area contributed by atoms with Crippen LogP contribution in [-0.2, 0) is 13.6 Å². The predicted octanol–water partition coefficient (Wildman–Crippen LogP) is 6.98. The molecule has 0 heterocycles. The largest absolute Gasteiger partial charge is 0.530 e. The summed E-state index contributed by atoms with van der Waals surface area (Å²) in [5.41, 5.74) is 0.921. The highest BCUT2D eigenvalue weighted by Gasteiger charge is 2.31. The van der Waals surface area contributed by atoms with Crippen molar-refractivity contribution in [3.05, 3.63) is 17.7 Å². The van der Waals surface area contributed by atoms with E-state index in [1.165, 1.54) is 14.2 Å². The Morgan fingerprint density at radius 3 is 2.00 bits per heavy atom. The van der Waals surface area contributed by atoms with Crippen molar-refractivity contribution in [2.24, 2.45) is 0 Å². The molecule has 0 saturated carbocycles. The summed E-state index contributed by atoms with van der Waals surface area (Å²) in [6.45, 7) is 16.7. The van der Waals surface area contributed by atoms with Crippen LogP contribution in [0.15, 0.2) is 12.1 Å². The third-order valence-corrected chi connectivity index (χ3v) is 6.00. The highest BCUT2D eigenvalue weighted by molar-refractivity contribution is 7.48. The molecule has 190 valence electrons. The molecule has 32 heavy (non-hydrogen) atoms. The number of aryl methyl sites for hydroxylation is 1. The summed E-state index contributed by atoms with van der Waals surface area (Å²) < 4.78 is 40.3. The molecule has 1 rings (SSSR count). The van der Waals surface area contributed by atoms with E-state index < -0.39 is 7.82 Å². The molecule has 1 aromatic carbocycles. The van der Waals surface area contributed by atoms with E-state index in [1.54, 1.807) is 19.1 Å². The van der Waals surface area contributed by atoms with Gasteiger partial charge in [0.2, 0.25) is 5.75 Å². The van der Waals surface area contributed by atoms with Crippen molar-refractivity contribution in [1.29, 1.82) is 0 Å². The number of nitrogens with one attached hydrogen (secondary N) is 1. The second kappa shape index (κ2) is 18.6. The standard InChI is InChI=1S/C19H35NO6P2.2C2H6/c1-7-9-10-19(4,27)20-11-12-25-28(21,24-8-2)26-18-16(22-5)13-15(3)14-17(18)23-6;2*1-2/h13-14,20H,7-12,27H2,1-6H3;2*1-2H3. The van der Waals surface area contributed by atoms with Crippen molar-refractivity contribution in [1.82, 2.24) is 5.32 Å². The molecule has 3 unspecified atom stereocenters. The van der Waals surface area contributed by atoms with Gasteiger partial charge in [0.05, 0.1) is 27.4 Å². The summed E-state index contributed by atoms with van der Waals surface area (Å²) in [4.78, 5) is 0. The molecule has 0 aliphatic carbocycles. The topological polar surface area (TPSA) is 75.3 Å². The van der Waals surface area contributed by atoms with Crippen LogP contribution < -0.4 is 19.3 Å². The summed E-state index contributed by atoms with van der Waals surface area (Å²) in [6, 6.07) is 3.53. The highest BCUT2D eigenvalue weighted by Crippen LogP contribution is 2.54. The Morgan fingerprint density at radius 2 is 1.56 bits per heavy atom. The number of methoxy groups -OCH3 is 2. The maximum Gasteiger partial charge on any atom is 0.530 e. The number of benzene rings is 1. The summed E-state index contributed by atoms with van der Waals surface area (Å²) in [5, 5.41) is 3.28. The smallest absolute Gasteiger partial charge is 0.493 e. The Hall–Kier alpha value is -0.840.